The Bertz CT molecular complexity index is 219. The zero-order chi connectivity index (χ0) is 11.8. The molecule has 5 heteroatoms. The van der Waals surface area contributed by atoms with Crippen LogP contribution in [0.3, 0.4) is 0 Å². The average molecular weight is 216 g/mol. The van der Waals surface area contributed by atoms with Gasteiger partial charge in [0.15, 0.2) is 0 Å². The van der Waals surface area contributed by atoms with Crippen LogP contribution in [-0.2, 0) is 14.3 Å². The van der Waals surface area contributed by atoms with Crippen LogP contribution in [0.5, 0.6) is 0 Å². The molecule has 0 fully saturated rings. The molecule has 0 saturated heterocycles. The van der Waals surface area contributed by atoms with E-state index in [2.05, 4.69) is 5.32 Å². The summed E-state index contributed by atoms with van der Waals surface area (Å²) in [5.41, 5.74) is 0. The molecule has 0 rings (SSSR count). The van der Waals surface area contributed by atoms with E-state index in [9.17, 15) is 9.59 Å². The Hall–Kier alpha value is -1.10. The predicted molar refractivity (Wildman–Crippen MR) is 57.4 cm³/mol. The second-order valence-electron chi connectivity index (χ2n) is 3.52. The molecule has 88 valence electrons. The second-order valence-corrected chi connectivity index (χ2v) is 3.52. The van der Waals surface area contributed by atoms with Crippen molar-refractivity contribution >= 4 is 11.9 Å². The zero-order valence-corrected chi connectivity index (χ0v) is 9.87. The minimum atomic E-state index is -0.260. The molecular formula is C10H20N2O3. The molecule has 0 aliphatic carbocycles. The number of likely N-dealkylation sites (N-methyl/N-ethyl adjacent to an activating group) is 1. The Kier molecular flexibility index (Phi) is 6.70. The number of nitrogens with one attached hydrogen (secondary N) is 1. The van der Waals surface area contributed by atoms with Crippen LogP contribution in [0.2, 0.25) is 0 Å². The minimum absolute atomic E-state index is 0.0225. The lowest BCUT2D eigenvalue weighted by atomic mass is 10.1. The largest absolute Gasteiger partial charge is 0.465 e. The summed E-state index contributed by atoms with van der Waals surface area (Å²) in [7, 11) is 3.39. The van der Waals surface area contributed by atoms with Crippen LogP contribution in [0.1, 0.15) is 13.8 Å². The van der Waals surface area contributed by atoms with Crippen LogP contribution in [0, 0.1) is 5.92 Å². The summed E-state index contributed by atoms with van der Waals surface area (Å²) in [6.07, 6.45) is 0. The van der Waals surface area contributed by atoms with E-state index in [0.29, 0.717) is 13.2 Å². The van der Waals surface area contributed by atoms with Gasteiger partial charge in [0.1, 0.15) is 0 Å². The SMILES string of the molecule is CCOC(=O)CN(C)CC(C)C(=O)NC. The zero-order valence-electron chi connectivity index (χ0n) is 9.87. The normalized spacial score (nSPS) is 12.3. The van der Waals surface area contributed by atoms with Crippen molar-refractivity contribution in [3.8, 4) is 0 Å². The van der Waals surface area contributed by atoms with E-state index in [0.717, 1.165) is 0 Å². The summed E-state index contributed by atoms with van der Waals surface area (Å²) in [5, 5.41) is 2.57. The van der Waals surface area contributed by atoms with Gasteiger partial charge >= 0.3 is 5.97 Å². The van der Waals surface area contributed by atoms with Gasteiger partial charge in [0.05, 0.1) is 13.2 Å². The molecule has 1 N–H and O–H groups in total. The first-order valence-corrected chi connectivity index (χ1v) is 5.07. The van der Waals surface area contributed by atoms with Gasteiger partial charge in [-0.2, -0.15) is 0 Å². The van der Waals surface area contributed by atoms with E-state index in [1.807, 2.05) is 6.92 Å². The second kappa shape index (κ2) is 7.23. The number of esters is 1. The van der Waals surface area contributed by atoms with Crippen LogP contribution in [0.15, 0.2) is 0 Å². The molecule has 0 aliphatic rings. The van der Waals surface area contributed by atoms with Crippen molar-refractivity contribution in [1.29, 1.82) is 0 Å². The number of carbonyl (C=O) groups is 2. The fourth-order valence-corrected chi connectivity index (χ4v) is 1.29. The van der Waals surface area contributed by atoms with E-state index in [-0.39, 0.29) is 24.3 Å². The third-order valence-corrected chi connectivity index (χ3v) is 1.98. The van der Waals surface area contributed by atoms with Gasteiger partial charge in [-0.1, -0.05) is 6.92 Å². The van der Waals surface area contributed by atoms with Gasteiger partial charge in [0.25, 0.3) is 0 Å². The Labute approximate surface area is 90.8 Å². The number of amides is 1. The lowest BCUT2D eigenvalue weighted by Gasteiger charge is -2.19. The van der Waals surface area contributed by atoms with Gasteiger partial charge in [-0.15, -0.1) is 0 Å². The maximum Gasteiger partial charge on any atom is 0.320 e. The number of ether oxygens (including phenoxy) is 1. The molecule has 1 atom stereocenters. The predicted octanol–water partition coefficient (Wildman–Crippen LogP) is -0.137. The summed E-state index contributed by atoms with van der Waals surface area (Å²) >= 11 is 0. The van der Waals surface area contributed by atoms with Crippen LogP contribution < -0.4 is 5.32 Å². The molecule has 15 heavy (non-hydrogen) atoms. The maximum atomic E-state index is 11.2. The molecule has 0 bridgehead atoms. The molecule has 0 aliphatic heterocycles. The van der Waals surface area contributed by atoms with Crippen molar-refractivity contribution in [2.75, 3.05) is 33.8 Å². The minimum Gasteiger partial charge on any atom is -0.465 e. The molecule has 0 radical (unpaired) electrons. The highest BCUT2D eigenvalue weighted by molar-refractivity contribution is 5.78. The first kappa shape index (κ1) is 13.9. The molecule has 0 spiro atoms. The lowest BCUT2D eigenvalue weighted by Crippen LogP contribution is -2.37. The molecular weight excluding hydrogens is 196 g/mol. The summed E-state index contributed by atoms with van der Waals surface area (Å²) < 4.78 is 4.80. The highest BCUT2D eigenvalue weighted by Gasteiger charge is 2.15. The molecule has 0 saturated carbocycles. The number of rotatable bonds is 6. The topological polar surface area (TPSA) is 58.6 Å². The summed E-state index contributed by atoms with van der Waals surface area (Å²) in [5.74, 6) is -0.413. The van der Waals surface area contributed by atoms with Crippen molar-refractivity contribution < 1.29 is 14.3 Å². The van der Waals surface area contributed by atoms with Crippen molar-refractivity contribution in [2.24, 2.45) is 5.92 Å². The summed E-state index contributed by atoms with van der Waals surface area (Å²) in [6.45, 7) is 4.73. The standard InChI is InChI=1S/C10H20N2O3/c1-5-15-9(13)7-12(4)6-8(2)10(14)11-3/h8H,5-7H2,1-4H3,(H,11,14). The molecule has 1 amide bonds. The molecule has 5 nitrogen and oxygen atoms in total. The molecule has 0 heterocycles. The fraction of sp³-hybridized carbons (Fsp3) is 0.800. The van der Waals surface area contributed by atoms with Crippen LogP contribution in [0.25, 0.3) is 0 Å². The van der Waals surface area contributed by atoms with Crippen molar-refractivity contribution in [1.82, 2.24) is 10.2 Å². The van der Waals surface area contributed by atoms with Crippen LogP contribution >= 0.6 is 0 Å². The Balaban J connectivity index is 3.87. The van der Waals surface area contributed by atoms with Gasteiger partial charge in [0.2, 0.25) is 5.91 Å². The van der Waals surface area contributed by atoms with E-state index in [4.69, 9.17) is 4.74 Å². The Morgan fingerprint density at radius 3 is 2.53 bits per heavy atom. The van der Waals surface area contributed by atoms with Crippen molar-refractivity contribution in [3.63, 3.8) is 0 Å². The molecule has 0 aromatic carbocycles. The van der Waals surface area contributed by atoms with E-state index >= 15 is 0 Å². The van der Waals surface area contributed by atoms with Crippen molar-refractivity contribution in [3.05, 3.63) is 0 Å². The average Bonchev–Trinajstić information content (AvgIpc) is 2.16. The molecule has 0 aromatic rings. The van der Waals surface area contributed by atoms with Crippen LogP contribution in [0.4, 0.5) is 0 Å². The first-order valence-electron chi connectivity index (χ1n) is 5.07. The first-order chi connectivity index (χ1) is 7.01. The van der Waals surface area contributed by atoms with Gasteiger partial charge in [0, 0.05) is 19.5 Å². The number of nitrogens with zero attached hydrogens (tertiary/aromatic N) is 1. The fourth-order valence-electron chi connectivity index (χ4n) is 1.29. The van der Waals surface area contributed by atoms with Gasteiger partial charge in [-0.3, -0.25) is 14.5 Å². The molecule has 0 aromatic heterocycles. The summed E-state index contributed by atoms with van der Waals surface area (Å²) in [6, 6.07) is 0. The van der Waals surface area contributed by atoms with Gasteiger partial charge in [-0.05, 0) is 14.0 Å². The number of hydrogen-bond donors (Lipinski definition) is 1. The number of hydrogen-bond acceptors (Lipinski definition) is 4. The third-order valence-electron chi connectivity index (χ3n) is 1.98. The van der Waals surface area contributed by atoms with E-state index in [1.54, 1.807) is 25.9 Å². The van der Waals surface area contributed by atoms with E-state index < -0.39 is 0 Å². The highest BCUT2D eigenvalue weighted by Crippen LogP contribution is 1.98. The summed E-state index contributed by atoms with van der Waals surface area (Å²) in [4.78, 5) is 24.1. The van der Waals surface area contributed by atoms with Gasteiger partial charge in [-0.25, -0.2) is 0 Å². The Morgan fingerprint density at radius 2 is 2.07 bits per heavy atom. The lowest BCUT2D eigenvalue weighted by molar-refractivity contribution is -0.144. The quantitative estimate of drug-likeness (QED) is 0.628. The van der Waals surface area contributed by atoms with Gasteiger partial charge < -0.3 is 10.1 Å². The maximum absolute atomic E-state index is 11.2. The highest BCUT2D eigenvalue weighted by atomic mass is 16.5. The number of carbonyl (C=O) groups excluding carboxylic acids is 2. The van der Waals surface area contributed by atoms with Crippen molar-refractivity contribution in [2.45, 2.75) is 13.8 Å². The third kappa shape index (κ3) is 6.06. The van der Waals surface area contributed by atoms with E-state index in [1.165, 1.54) is 0 Å². The van der Waals surface area contributed by atoms with Crippen LogP contribution in [-0.4, -0.2) is 50.6 Å². The Morgan fingerprint density at radius 1 is 1.47 bits per heavy atom. The smallest absolute Gasteiger partial charge is 0.320 e. The monoisotopic (exact) mass is 216 g/mol. The molecule has 1 unspecified atom stereocenters.